The third kappa shape index (κ3) is 1.85. The summed E-state index contributed by atoms with van der Waals surface area (Å²) in [7, 11) is 0. The average molecular weight is 232 g/mol. The molecule has 0 saturated carbocycles. The summed E-state index contributed by atoms with van der Waals surface area (Å²) in [6.45, 7) is 0. The molecule has 1 aromatic heterocycles. The molecule has 2 N–H and O–H groups in total. The first kappa shape index (κ1) is 10.5. The molecule has 1 aliphatic rings. The van der Waals surface area contributed by atoms with E-state index in [0.29, 0.717) is 17.9 Å². The number of oxazole rings is 1. The molecule has 4 heteroatoms. The van der Waals surface area contributed by atoms with E-state index in [-0.39, 0.29) is 11.9 Å². The van der Waals surface area contributed by atoms with Gasteiger partial charge in [-0.2, -0.15) is 0 Å². The zero-order chi connectivity index (χ0) is 11.8. The van der Waals surface area contributed by atoms with Crippen LogP contribution in [0.5, 0.6) is 0 Å². The summed E-state index contributed by atoms with van der Waals surface area (Å²) in [5.41, 5.74) is 7.20. The molecule has 88 valence electrons. The standard InChI is InChI=1S/C13H13FN2O/c14-10-4-2-1-3-9(10)13-16-11-6-5-8(15)7-12(11)17-13/h1-4,8H,5-7,15H2. The maximum absolute atomic E-state index is 13.6. The highest BCUT2D eigenvalue weighted by molar-refractivity contribution is 5.54. The van der Waals surface area contributed by atoms with E-state index in [1.165, 1.54) is 6.07 Å². The van der Waals surface area contributed by atoms with Crippen molar-refractivity contribution >= 4 is 0 Å². The van der Waals surface area contributed by atoms with Crippen molar-refractivity contribution in [2.24, 2.45) is 5.73 Å². The van der Waals surface area contributed by atoms with Crippen LogP contribution in [0.4, 0.5) is 4.39 Å². The molecule has 0 aliphatic heterocycles. The Morgan fingerprint density at radius 1 is 1.35 bits per heavy atom. The van der Waals surface area contributed by atoms with E-state index in [1.807, 2.05) is 0 Å². The van der Waals surface area contributed by atoms with E-state index >= 15 is 0 Å². The molecule has 2 aromatic rings. The van der Waals surface area contributed by atoms with Crippen LogP contribution in [0.1, 0.15) is 17.9 Å². The van der Waals surface area contributed by atoms with Crippen LogP contribution in [0.15, 0.2) is 28.7 Å². The molecule has 1 atom stereocenters. The Hall–Kier alpha value is -1.68. The van der Waals surface area contributed by atoms with Gasteiger partial charge in [-0.25, -0.2) is 9.37 Å². The molecule has 0 bridgehead atoms. The minimum atomic E-state index is -0.310. The zero-order valence-electron chi connectivity index (χ0n) is 9.32. The molecular weight excluding hydrogens is 219 g/mol. The minimum absolute atomic E-state index is 0.129. The van der Waals surface area contributed by atoms with Crippen molar-refractivity contribution in [1.29, 1.82) is 0 Å². The monoisotopic (exact) mass is 232 g/mol. The maximum atomic E-state index is 13.6. The molecule has 1 aliphatic carbocycles. The summed E-state index contributed by atoms with van der Waals surface area (Å²) in [6.07, 6.45) is 2.42. The molecule has 0 spiro atoms. The number of rotatable bonds is 1. The second-order valence-corrected chi connectivity index (χ2v) is 4.37. The summed E-state index contributed by atoms with van der Waals surface area (Å²) in [5, 5.41) is 0. The van der Waals surface area contributed by atoms with Crippen LogP contribution in [0.3, 0.4) is 0 Å². The van der Waals surface area contributed by atoms with E-state index in [1.54, 1.807) is 18.2 Å². The first-order valence-corrected chi connectivity index (χ1v) is 5.73. The van der Waals surface area contributed by atoms with E-state index < -0.39 is 0 Å². The summed E-state index contributed by atoms with van der Waals surface area (Å²) in [5.74, 6) is 0.861. The lowest BCUT2D eigenvalue weighted by molar-refractivity contribution is 0.455. The van der Waals surface area contributed by atoms with Gasteiger partial charge in [0, 0.05) is 12.5 Å². The van der Waals surface area contributed by atoms with Crippen LogP contribution in [0.25, 0.3) is 11.5 Å². The number of aryl methyl sites for hydroxylation is 1. The van der Waals surface area contributed by atoms with Crippen molar-refractivity contribution in [3.63, 3.8) is 0 Å². The molecule has 0 amide bonds. The van der Waals surface area contributed by atoms with Crippen LogP contribution in [-0.4, -0.2) is 11.0 Å². The summed E-state index contributed by atoms with van der Waals surface area (Å²) in [6, 6.07) is 6.63. The van der Waals surface area contributed by atoms with Gasteiger partial charge in [0.05, 0.1) is 11.3 Å². The topological polar surface area (TPSA) is 52.0 Å². The quantitative estimate of drug-likeness (QED) is 0.820. The molecule has 1 heterocycles. The number of hydrogen-bond acceptors (Lipinski definition) is 3. The number of nitrogens with zero attached hydrogens (tertiary/aromatic N) is 1. The van der Waals surface area contributed by atoms with E-state index in [4.69, 9.17) is 10.2 Å². The smallest absolute Gasteiger partial charge is 0.229 e. The van der Waals surface area contributed by atoms with E-state index in [2.05, 4.69) is 4.98 Å². The summed E-state index contributed by atoms with van der Waals surface area (Å²) < 4.78 is 19.2. The van der Waals surface area contributed by atoms with Crippen molar-refractivity contribution in [2.45, 2.75) is 25.3 Å². The molecule has 0 radical (unpaired) electrons. The number of nitrogens with two attached hydrogens (primary N) is 1. The molecular formula is C13H13FN2O. The van der Waals surface area contributed by atoms with Crippen molar-refractivity contribution in [2.75, 3.05) is 0 Å². The number of aromatic nitrogens is 1. The lowest BCUT2D eigenvalue weighted by Crippen LogP contribution is -2.27. The fourth-order valence-corrected chi connectivity index (χ4v) is 2.15. The predicted octanol–water partition coefficient (Wildman–Crippen LogP) is 2.30. The van der Waals surface area contributed by atoms with Crippen LogP contribution >= 0.6 is 0 Å². The Balaban J connectivity index is 2.03. The molecule has 17 heavy (non-hydrogen) atoms. The first-order valence-electron chi connectivity index (χ1n) is 5.73. The van der Waals surface area contributed by atoms with Gasteiger partial charge >= 0.3 is 0 Å². The SMILES string of the molecule is NC1CCc2nc(-c3ccccc3F)oc2C1. The highest BCUT2D eigenvalue weighted by Gasteiger charge is 2.23. The number of hydrogen-bond donors (Lipinski definition) is 1. The van der Waals surface area contributed by atoms with Crippen molar-refractivity contribution < 1.29 is 8.81 Å². The van der Waals surface area contributed by atoms with Crippen molar-refractivity contribution in [3.05, 3.63) is 41.5 Å². The van der Waals surface area contributed by atoms with Crippen LogP contribution < -0.4 is 5.73 Å². The second-order valence-electron chi connectivity index (χ2n) is 4.37. The fourth-order valence-electron chi connectivity index (χ4n) is 2.15. The third-order valence-electron chi connectivity index (χ3n) is 3.08. The Morgan fingerprint density at radius 3 is 3.00 bits per heavy atom. The van der Waals surface area contributed by atoms with Crippen LogP contribution in [0, 0.1) is 5.82 Å². The lowest BCUT2D eigenvalue weighted by atomic mass is 9.98. The Bertz CT molecular complexity index is 550. The molecule has 3 rings (SSSR count). The maximum Gasteiger partial charge on any atom is 0.229 e. The molecule has 1 unspecified atom stereocenters. The molecule has 0 saturated heterocycles. The third-order valence-corrected chi connectivity index (χ3v) is 3.08. The largest absolute Gasteiger partial charge is 0.441 e. The van der Waals surface area contributed by atoms with Crippen molar-refractivity contribution in [3.8, 4) is 11.5 Å². The number of fused-ring (bicyclic) bond motifs is 1. The first-order chi connectivity index (χ1) is 8.24. The molecule has 0 fully saturated rings. The van der Waals surface area contributed by atoms with Gasteiger partial charge in [0.25, 0.3) is 0 Å². The van der Waals surface area contributed by atoms with E-state index in [9.17, 15) is 4.39 Å². The predicted molar refractivity (Wildman–Crippen MR) is 61.9 cm³/mol. The summed E-state index contributed by atoms with van der Waals surface area (Å²) in [4.78, 5) is 4.35. The highest BCUT2D eigenvalue weighted by Crippen LogP contribution is 2.28. The zero-order valence-corrected chi connectivity index (χ0v) is 9.32. The minimum Gasteiger partial charge on any atom is -0.441 e. The molecule has 1 aromatic carbocycles. The van der Waals surface area contributed by atoms with Gasteiger partial charge in [-0.1, -0.05) is 12.1 Å². The van der Waals surface area contributed by atoms with E-state index in [0.717, 1.165) is 24.3 Å². The van der Waals surface area contributed by atoms with Gasteiger partial charge in [0.2, 0.25) is 5.89 Å². The Labute approximate surface area is 98.5 Å². The van der Waals surface area contributed by atoms with Gasteiger partial charge in [-0.15, -0.1) is 0 Å². The summed E-state index contributed by atoms with van der Waals surface area (Å²) >= 11 is 0. The van der Waals surface area contributed by atoms with Gasteiger partial charge in [0.15, 0.2) is 0 Å². The van der Waals surface area contributed by atoms with Gasteiger partial charge in [-0.05, 0) is 25.0 Å². The van der Waals surface area contributed by atoms with Crippen LogP contribution in [0.2, 0.25) is 0 Å². The molecule has 3 nitrogen and oxygen atoms in total. The van der Waals surface area contributed by atoms with Gasteiger partial charge < -0.3 is 10.2 Å². The van der Waals surface area contributed by atoms with Crippen molar-refractivity contribution in [1.82, 2.24) is 4.98 Å². The van der Waals surface area contributed by atoms with Crippen LogP contribution in [-0.2, 0) is 12.8 Å². The lowest BCUT2D eigenvalue weighted by Gasteiger charge is -2.14. The fraction of sp³-hybridized carbons (Fsp3) is 0.308. The Kier molecular flexibility index (Phi) is 2.44. The Morgan fingerprint density at radius 2 is 2.18 bits per heavy atom. The number of benzene rings is 1. The highest BCUT2D eigenvalue weighted by atomic mass is 19.1. The normalized spacial score (nSPS) is 19.1. The average Bonchev–Trinajstić information content (AvgIpc) is 2.72. The second kappa shape index (κ2) is 3.96. The van der Waals surface area contributed by atoms with Gasteiger partial charge in [0.1, 0.15) is 11.6 Å². The van der Waals surface area contributed by atoms with Gasteiger partial charge in [-0.3, -0.25) is 0 Å². The number of halogens is 1.